The van der Waals surface area contributed by atoms with Crippen LogP contribution >= 0.6 is 11.8 Å². The van der Waals surface area contributed by atoms with Crippen molar-refractivity contribution < 1.29 is 19.4 Å². The van der Waals surface area contributed by atoms with E-state index in [9.17, 15) is 9.59 Å². The fourth-order valence-electron chi connectivity index (χ4n) is 1.63. The Kier molecular flexibility index (Phi) is 4.68. The molecule has 0 bridgehead atoms. The Balaban J connectivity index is 2.53. The first-order valence-corrected chi connectivity index (χ1v) is 6.75. The second-order valence-corrected chi connectivity index (χ2v) is 6.21. The molecule has 0 saturated carbocycles. The third-order valence-corrected chi connectivity index (χ3v) is 3.49. The van der Waals surface area contributed by atoms with Crippen LogP contribution in [-0.2, 0) is 9.53 Å². The molecule has 17 heavy (non-hydrogen) atoms. The molecule has 5 nitrogen and oxygen atoms in total. The fraction of sp³-hybridized carbons (Fsp3) is 0.818. The molecule has 1 heterocycles. The van der Waals surface area contributed by atoms with E-state index in [0.29, 0.717) is 12.2 Å². The van der Waals surface area contributed by atoms with Crippen molar-refractivity contribution in [3.63, 3.8) is 0 Å². The van der Waals surface area contributed by atoms with Crippen LogP contribution < -0.4 is 5.32 Å². The van der Waals surface area contributed by atoms with E-state index in [4.69, 9.17) is 9.84 Å². The molecule has 0 aliphatic carbocycles. The van der Waals surface area contributed by atoms with Crippen LogP contribution in [0.3, 0.4) is 0 Å². The lowest BCUT2D eigenvalue weighted by atomic mass is 9.98. The van der Waals surface area contributed by atoms with Gasteiger partial charge in [0, 0.05) is 5.75 Å². The summed E-state index contributed by atoms with van der Waals surface area (Å²) >= 11 is 1.65. The number of hydrogen-bond donors (Lipinski definition) is 2. The van der Waals surface area contributed by atoms with Crippen molar-refractivity contribution in [3.05, 3.63) is 0 Å². The summed E-state index contributed by atoms with van der Waals surface area (Å²) in [6, 6.07) is -0.346. The smallest absolute Gasteiger partial charge is 0.407 e. The highest BCUT2D eigenvalue weighted by molar-refractivity contribution is 7.99. The number of carbonyl (C=O) groups excluding carboxylic acids is 1. The van der Waals surface area contributed by atoms with E-state index >= 15 is 0 Å². The zero-order chi connectivity index (χ0) is 13.1. The Bertz CT molecular complexity index is 300. The minimum Gasteiger partial charge on any atom is -0.481 e. The second-order valence-electron chi connectivity index (χ2n) is 5.06. The first-order chi connectivity index (χ1) is 7.79. The van der Waals surface area contributed by atoms with Gasteiger partial charge < -0.3 is 15.2 Å². The summed E-state index contributed by atoms with van der Waals surface area (Å²) in [7, 11) is 0. The van der Waals surface area contributed by atoms with Crippen LogP contribution in [0.5, 0.6) is 0 Å². The van der Waals surface area contributed by atoms with E-state index in [1.165, 1.54) is 0 Å². The predicted molar refractivity (Wildman–Crippen MR) is 66.2 cm³/mol. The number of amides is 1. The van der Waals surface area contributed by atoms with Gasteiger partial charge in [-0.05, 0) is 32.9 Å². The summed E-state index contributed by atoms with van der Waals surface area (Å²) in [5.74, 6) is 0.0785. The lowest BCUT2D eigenvalue weighted by molar-refractivity contribution is -0.142. The average molecular weight is 261 g/mol. The van der Waals surface area contributed by atoms with Gasteiger partial charge in [-0.15, -0.1) is 0 Å². The fourth-order valence-corrected chi connectivity index (χ4v) is 2.79. The molecule has 1 aliphatic rings. The zero-order valence-corrected chi connectivity index (χ0v) is 11.2. The number of rotatable bonds is 2. The molecular formula is C11H19NO4S. The molecule has 98 valence electrons. The van der Waals surface area contributed by atoms with Crippen LogP contribution in [0, 0.1) is 5.92 Å². The van der Waals surface area contributed by atoms with Crippen LogP contribution in [-0.4, -0.2) is 40.3 Å². The number of ether oxygens (including phenoxy) is 1. The molecule has 0 aromatic carbocycles. The number of carboxylic acid groups (broad SMARTS) is 1. The van der Waals surface area contributed by atoms with Crippen molar-refractivity contribution in [2.45, 2.75) is 38.8 Å². The summed E-state index contributed by atoms with van der Waals surface area (Å²) in [4.78, 5) is 22.6. The quantitative estimate of drug-likeness (QED) is 0.791. The predicted octanol–water partition coefficient (Wildman–Crippen LogP) is 1.72. The number of carboxylic acids is 1. The number of carbonyl (C=O) groups is 2. The van der Waals surface area contributed by atoms with E-state index in [0.717, 1.165) is 5.75 Å². The minimum atomic E-state index is -0.855. The Morgan fingerprint density at radius 1 is 1.41 bits per heavy atom. The third-order valence-electron chi connectivity index (χ3n) is 2.38. The van der Waals surface area contributed by atoms with E-state index in [-0.39, 0.29) is 6.04 Å². The summed E-state index contributed by atoms with van der Waals surface area (Å²) < 4.78 is 5.12. The van der Waals surface area contributed by atoms with Crippen molar-refractivity contribution >= 4 is 23.8 Å². The highest BCUT2D eigenvalue weighted by atomic mass is 32.2. The largest absolute Gasteiger partial charge is 0.481 e. The van der Waals surface area contributed by atoms with Crippen molar-refractivity contribution in [3.8, 4) is 0 Å². The highest BCUT2D eigenvalue weighted by Gasteiger charge is 2.33. The molecule has 0 aromatic heterocycles. The Morgan fingerprint density at radius 3 is 2.59 bits per heavy atom. The number of alkyl carbamates (subject to hydrolysis) is 1. The van der Waals surface area contributed by atoms with Crippen molar-refractivity contribution in [1.82, 2.24) is 5.32 Å². The van der Waals surface area contributed by atoms with Crippen molar-refractivity contribution in [1.29, 1.82) is 0 Å². The molecule has 1 saturated heterocycles. The molecule has 6 heteroatoms. The summed E-state index contributed by atoms with van der Waals surface area (Å²) in [6.45, 7) is 5.32. The average Bonchev–Trinajstić information content (AvgIpc) is 2.14. The normalized spacial score (nSPS) is 25.1. The Labute approximate surface area is 105 Å². The van der Waals surface area contributed by atoms with Gasteiger partial charge >= 0.3 is 12.1 Å². The lowest BCUT2D eigenvalue weighted by Gasteiger charge is -2.30. The maximum absolute atomic E-state index is 11.6. The van der Waals surface area contributed by atoms with E-state index in [1.807, 2.05) is 0 Å². The van der Waals surface area contributed by atoms with Gasteiger partial charge in [-0.2, -0.15) is 11.8 Å². The van der Waals surface area contributed by atoms with Gasteiger partial charge in [0.1, 0.15) is 5.60 Å². The van der Waals surface area contributed by atoms with E-state index in [1.54, 1.807) is 32.5 Å². The lowest BCUT2D eigenvalue weighted by Crippen LogP contribution is -2.48. The molecular weight excluding hydrogens is 242 g/mol. The molecule has 1 fully saturated rings. The maximum Gasteiger partial charge on any atom is 0.407 e. The first kappa shape index (κ1) is 14.2. The van der Waals surface area contributed by atoms with Crippen LogP contribution in [0.15, 0.2) is 0 Å². The summed E-state index contributed by atoms with van der Waals surface area (Å²) in [6.07, 6.45) is 0.0387. The SMILES string of the molecule is CC(C)(C)OC(=O)N[C@@H]1CSCC[C@@H]1C(=O)O. The van der Waals surface area contributed by atoms with Crippen LogP contribution in [0.25, 0.3) is 0 Å². The number of thioether (sulfide) groups is 1. The van der Waals surface area contributed by atoms with Gasteiger partial charge in [0.15, 0.2) is 0 Å². The Hall–Kier alpha value is -0.910. The molecule has 0 spiro atoms. The van der Waals surface area contributed by atoms with Gasteiger partial charge in [0.25, 0.3) is 0 Å². The van der Waals surface area contributed by atoms with Gasteiger partial charge in [-0.25, -0.2) is 4.79 Å². The minimum absolute atomic E-state index is 0.346. The topological polar surface area (TPSA) is 75.6 Å². The number of aliphatic carboxylic acids is 1. The van der Waals surface area contributed by atoms with E-state index in [2.05, 4.69) is 5.32 Å². The van der Waals surface area contributed by atoms with Crippen molar-refractivity contribution in [2.75, 3.05) is 11.5 Å². The molecule has 0 unspecified atom stereocenters. The van der Waals surface area contributed by atoms with Gasteiger partial charge in [0.05, 0.1) is 12.0 Å². The summed E-state index contributed by atoms with van der Waals surface area (Å²) in [5.41, 5.74) is -0.565. The van der Waals surface area contributed by atoms with Crippen LogP contribution in [0.1, 0.15) is 27.2 Å². The molecule has 2 atom stereocenters. The number of nitrogens with one attached hydrogen (secondary N) is 1. The zero-order valence-electron chi connectivity index (χ0n) is 10.4. The number of hydrogen-bond acceptors (Lipinski definition) is 4. The Morgan fingerprint density at radius 2 is 2.06 bits per heavy atom. The molecule has 1 aliphatic heterocycles. The molecule has 1 rings (SSSR count). The third kappa shape index (κ3) is 4.85. The monoisotopic (exact) mass is 261 g/mol. The molecule has 0 aromatic rings. The molecule has 1 amide bonds. The molecule has 0 radical (unpaired) electrons. The van der Waals surface area contributed by atoms with E-state index < -0.39 is 23.6 Å². The first-order valence-electron chi connectivity index (χ1n) is 5.59. The van der Waals surface area contributed by atoms with Crippen LogP contribution in [0.4, 0.5) is 4.79 Å². The van der Waals surface area contributed by atoms with Crippen molar-refractivity contribution in [2.24, 2.45) is 5.92 Å². The summed E-state index contributed by atoms with van der Waals surface area (Å²) in [5, 5.41) is 11.7. The maximum atomic E-state index is 11.6. The van der Waals surface area contributed by atoms with Gasteiger partial charge in [-0.3, -0.25) is 4.79 Å². The van der Waals surface area contributed by atoms with Gasteiger partial charge in [-0.1, -0.05) is 0 Å². The molecule has 2 N–H and O–H groups in total. The highest BCUT2D eigenvalue weighted by Crippen LogP contribution is 2.24. The van der Waals surface area contributed by atoms with Crippen LogP contribution in [0.2, 0.25) is 0 Å². The van der Waals surface area contributed by atoms with Gasteiger partial charge in [0.2, 0.25) is 0 Å². The second kappa shape index (κ2) is 5.62. The standard InChI is InChI=1S/C11H19NO4S/c1-11(2,3)16-10(15)12-8-6-17-5-4-7(8)9(13)14/h7-8H,4-6H2,1-3H3,(H,12,15)(H,13,14)/t7-,8+/m0/s1.